The molecule has 0 aliphatic carbocycles. The molecule has 5 aromatic carbocycles. The van der Waals surface area contributed by atoms with E-state index in [4.69, 9.17) is 23.0 Å². The van der Waals surface area contributed by atoms with Gasteiger partial charge in [0, 0.05) is 60.7 Å². The molecule has 1 N–H and O–H groups in total. The van der Waals surface area contributed by atoms with Gasteiger partial charge in [-0.3, -0.25) is 19.4 Å². The van der Waals surface area contributed by atoms with Gasteiger partial charge in [0.25, 0.3) is 0 Å². The number of carbonyl (C=O) groups excluding carboxylic acids is 2. The number of ether oxygens (including phenoxy) is 2. The van der Waals surface area contributed by atoms with Crippen molar-refractivity contribution in [2.24, 2.45) is 0 Å². The van der Waals surface area contributed by atoms with Crippen molar-refractivity contribution in [2.45, 2.75) is 426 Å². The van der Waals surface area contributed by atoms with Gasteiger partial charge in [0.15, 0.2) is 0 Å². The van der Waals surface area contributed by atoms with Crippen LogP contribution in [0.2, 0.25) is 0 Å². The number of esters is 2. The van der Waals surface area contributed by atoms with Gasteiger partial charge in [-0.25, -0.2) is 0 Å². The molecule has 2 aliphatic rings. The molecule has 14 heteroatoms. The Morgan fingerprint density at radius 1 is 0.377 bits per heavy atom. The number of nitrogens with zero attached hydrogens (tertiary/aromatic N) is 5. The van der Waals surface area contributed by atoms with Gasteiger partial charge < -0.3 is 28.2 Å². The Bertz CT molecular complexity index is 3320. The van der Waals surface area contributed by atoms with Crippen LogP contribution >= 0.6 is 8.60 Å². The number of fused-ring (bicyclic) bond motifs is 1. The summed E-state index contributed by atoms with van der Waals surface area (Å²) in [7, 11) is 2.61. The van der Waals surface area contributed by atoms with Crippen molar-refractivity contribution in [2.75, 3.05) is 14.1 Å². The quantitative estimate of drug-likeness (QED) is 0.0221. The number of unbranched alkanes of at least 4 members (excludes halogenated alkanes) is 32. The second-order valence-electron chi connectivity index (χ2n) is 36.2. The third-order valence-electron chi connectivity index (χ3n) is 24.3. The topological polar surface area (TPSA) is 138 Å². The Hall–Kier alpha value is -6.01. The smallest absolute Gasteiger partial charge is 0.505 e. The number of carbonyl (C=O) groups is 2. The molecule has 638 valence electrons. The zero-order chi connectivity index (χ0) is 82.5. The van der Waals surface area contributed by atoms with Crippen molar-refractivity contribution in [1.29, 1.82) is 0 Å². The highest BCUT2D eigenvalue weighted by Crippen LogP contribution is 2.46. The van der Waals surface area contributed by atoms with E-state index in [1.165, 1.54) is 209 Å². The lowest BCUT2D eigenvalue weighted by atomic mass is 9.78. The van der Waals surface area contributed by atoms with Crippen LogP contribution in [-0.4, -0.2) is 90.3 Å². The van der Waals surface area contributed by atoms with Crippen molar-refractivity contribution in [3.05, 3.63) is 137 Å². The van der Waals surface area contributed by atoms with Crippen molar-refractivity contribution in [3.8, 4) is 28.7 Å². The first-order valence-electron chi connectivity index (χ1n) is 46.0. The molecule has 1 aromatic heterocycles. The highest BCUT2D eigenvalue weighted by Gasteiger charge is 2.46. The number of likely N-dealkylation sites (tertiary alicyclic amines) is 2. The number of aryl methyl sites for hydroxylation is 5. The van der Waals surface area contributed by atoms with Crippen molar-refractivity contribution < 1.29 is 37.7 Å². The number of piperidine rings is 2. The molecule has 13 nitrogen and oxygen atoms in total. The summed E-state index contributed by atoms with van der Waals surface area (Å²) >= 11 is 0. The zero-order valence-electron chi connectivity index (χ0n) is 74.8. The van der Waals surface area contributed by atoms with Gasteiger partial charge >= 0.3 is 20.5 Å². The number of hydrogen-bond donors (Lipinski definition) is 1. The van der Waals surface area contributed by atoms with Gasteiger partial charge in [-0.05, 0) is 205 Å². The van der Waals surface area contributed by atoms with Crippen LogP contribution in [0, 0.1) is 6.92 Å². The SMILES string of the molecule is CCCCCCCCCCCCc1cc(C)cc(-n2nc3ccccc3n2)c1O.CCCCCCCCCc1ccccc1OP(Oc1ccccc1CCCCCCCCC)Oc1ccccc1CCCCCCCCC.CN1C(C)(C)CC(OC(=O)CCCCCCCCC(=O)OC2CC(C)(C)N(C)C(C)(C)C2)CC1(C)C. The summed E-state index contributed by atoms with van der Waals surface area (Å²) in [5.41, 5.74) is 8.30. The molecule has 0 saturated carbocycles. The lowest BCUT2D eigenvalue weighted by Crippen LogP contribution is -2.60. The summed E-state index contributed by atoms with van der Waals surface area (Å²) in [5, 5.41) is 19.9. The summed E-state index contributed by atoms with van der Waals surface area (Å²) < 4.78 is 32.0. The molecule has 3 heterocycles. The van der Waals surface area contributed by atoms with Gasteiger partial charge in [-0.15, -0.1) is 15.0 Å². The molecule has 0 radical (unpaired) electrons. The monoisotopic (exact) mass is 1590 g/mol. The largest absolute Gasteiger partial charge is 0.530 e. The van der Waals surface area contributed by atoms with Crippen LogP contribution in [0.4, 0.5) is 0 Å². The predicted octanol–water partition coefficient (Wildman–Crippen LogP) is 28.7. The summed E-state index contributed by atoms with van der Waals surface area (Å²) in [6.07, 6.45) is 55.0. The third kappa shape index (κ3) is 36.1. The van der Waals surface area contributed by atoms with Crippen molar-refractivity contribution in [3.63, 3.8) is 0 Å². The van der Waals surface area contributed by atoms with E-state index < -0.39 is 8.60 Å². The van der Waals surface area contributed by atoms with Gasteiger partial charge in [0.05, 0.1) is 0 Å². The lowest BCUT2D eigenvalue weighted by Gasteiger charge is -2.53. The molecule has 6 aromatic rings. The van der Waals surface area contributed by atoms with E-state index >= 15 is 0 Å². The molecule has 0 atom stereocenters. The summed E-state index contributed by atoms with van der Waals surface area (Å²) in [5.74, 6) is 2.85. The van der Waals surface area contributed by atoms with Crippen LogP contribution in [0.25, 0.3) is 16.7 Å². The minimum absolute atomic E-state index is 0.00474. The van der Waals surface area contributed by atoms with Crippen molar-refractivity contribution >= 4 is 31.6 Å². The Kier molecular flexibility index (Phi) is 45.4. The summed E-state index contributed by atoms with van der Waals surface area (Å²) in [6, 6.07) is 37.3. The average Bonchev–Trinajstić information content (AvgIpc) is 1.41. The molecule has 0 amide bonds. The van der Waals surface area contributed by atoms with Crippen LogP contribution < -0.4 is 13.6 Å². The molecule has 2 fully saturated rings. The first-order chi connectivity index (χ1) is 54.9. The van der Waals surface area contributed by atoms with E-state index in [1.807, 2.05) is 30.3 Å². The molecule has 2 saturated heterocycles. The second kappa shape index (κ2) is 53.4. The number of phenols is 1. The number of benzene rings is 5. The maximum Gasteiger partial charge on any atom is 0.530 e. The second-order valence-corrected chi connectivity index (χ2v) is 37.2. The predicted molar refractivity (Wildman–Crippen MR) is 481 cm³/mol. The van der Waals surface area contributed by atoms with E-state index in [2.05, 4.69) is 203 Å². The van der Waals surface area contributed by atoms with Crippen LogP contribution in [0.15, 0.2) is 109 Å². The third-order valence-corrected chi connectivity index (χ3v) is 25.4. The fourth-order valence-corrected chi connectivity index (χ4v) is 18.0. The number of aromatic hydroxyl groups is 1. The van der Waals surface area contributed by atoms with Gasteiger partial charge in [0.1, 0.15) is 51.9 Å². The molecule has 2 aliphatic heterocycles. The maximum absolute atomic E-state index is 12.4. The van der Waals surface area contributed by atoms with E-state index in [-0.39, 0.29) is 46.3 Å². The normalized spacial score (nSPS) is 15.4. The highest BCUT2D eigenvalue weighted by molar-refractivity contribution is 7.43. The van der Waals surface area contributed by atoms with Crippen LogP contribution in [0.1, 0.15) is 387 Å². The standard InChI is InChI=1S/C45H69O3P.C30H56N2O4.C25H35N3O/c1-4-7-10-13-16-19-22-31-40-34-25-28-37-43(40)46-49(47-44-38-29-26-35-41(44)32-23-20-17-14-11-8-5-2)48-45-39-30-27-36-42(45)33-24-21-18-15-12-9-6-3;1-27(2)19-23(20-28(3,4)31(27)9)35-25(33)17-15-13-11-12-14-16-18-26(34)36-24-21-29(5,6)32(10)30(7,8)22-24;1-3-4-5-6-7-8-9-10-11-12-15-21-18-20(2)19-24(25(21)29)28-26-22-16-13-14-17-23(22)27-28/h25-30,34-39H,4-24,31-33H2,1-3H3;23-24H,11-22H2,1-10H3;13-14,16-19,29H,3-12,15H2,1-2H3. The van der Waals surface area contributed by atoms with E-state index in [1.54, 1.807) is 4.80 Å². The fourth-order valence-electron chi connectivity index (χ4n) is 16.9. The first kappa shape index (κ1) is 96.8. The Balaban J connectivity index is 0.000000276. The number of hydrogen-bond acceptors (Lipinski definition) is 12. The molecular weight excluding hydrogens is 1430 g/mol. The lowest BCUT2D eigenvalue weighted by molar-refractivity contribution is -0.160. The first-order valence-corrected chi connectivity index (χ1v) is 47.1. The van der Waals surface area contributed by atoms with E-state index in [0.717, 1.165) is 136 Å². The number of aromatic nitrogens is 3. The van der Waals surface area contributed by atoms with Crippen LogP contribution in [0.5, 0.6) is 23.0 Å². The number of para-hydroxylation sites is 3. The molecular formula is C100H160N5O8P. The molecule has 0 bridgehead atoms. The molecule has 8 rings (SSSR count). The summed E-state index contributed by atoms with van der Waals surface area (Å²) in [4.78, 5) is 31.2. The van der Waals surface area contributed by atoms with Crippen LogP contribution in [0.3, 0.4) is 0 Å². The minimum Gasteiger partial charge on any atom is -0.505 e. The van der Waals surface area contributed by atoms with Gasteiger partial charge in [0.2, 0.25) is 0 Å². The summed E-state index contributed by atoms with van der Waals surface area (Å²) in [6.45, 7) is 29.0. The van der Waals surface area contributed by atoms with Gasteiger partial charge in [-0.1, -0.05) is 300 Å². The van der Waals surface area contributed by atoms with E-state index in [9.17, 15) is 14.7 Å². The highest BCUT2D eigenvalue weighted by atomic mass is 31.2. The average molecular weight is 1590 g/mol. The van der Waals surface area contributed by atoms with E-state index in [0.29, 0.717) is 24.3 Å². The Morgan fingerprint density at radius 2 is 0.640 bits per heavy atom. The van der Waals surface area contributed by atoms with Gasteiger partial charge in [-0.2, -0.15) is 0 Å². The zero-order valence-corrected chi connectivity index (χ0v) is 75.7. The Morgan fingerprint density at radius 3 is 0.947 bits per heavy atom. The van der Waals surface area contributed by atoms with Crippen LogP contribution in [-0.2, 0) is 44.7 Å². The number of phenolic OH excluding ortho intramolecular Hbond substituents is 1. The molecule has 0 unspecified atom stereocenters. The van der Waals surface area contributed by atoms with Crippen molar-refractivity contribution in [1.82, 2.24) is 24.8 Å². The fraction of sp³-hybridized carbons (Fsp3) is 0.680. The number of rotatable bonds is 53. The maximum atomic E-state index is 12.4. The minimum atomic E-state index is -1.72. The molecule has 0 spiro atoms. The molecule has 114 heavy (non-hydrogen) atoms. The Labute approximate surface area is 696 Å².